The van der Waals surface area contributed by atoms with Gasteiger partial charge in [-0.15, -0.1) is 0 Å². The lowest BCUT2D eigenvalue weighted by Gasteiger charge is -2.07. The molecule has 0 aliphatic rings. The number of carbonyl (C=O) groups is 1. The van der Waals surface area contributed by atoms with Crippen molar-refractivity contribution in [1.29, 1.82) is 0 Å². The van der Waals surface area contributed by atoms with Crippen LogP contribution in [0.25, 0.3) is 0 Å². The van der Waals surface area contributed by atoms with Gasteiger partial charge in [-0.3, -0.25) is 4.79 Å². The lowest BCUT2D eigenvalue weighted by atomic mass is 10.2. The number of carbonyl (C=O) groups excluding carboxylic acids is 1. The van der Waals surface area contributed by atoms with Gasteiger partial charge in [0.05, 0.1) is 10.6 Å². The monoisotopic (exact) mass is 367 g/mol. The van der Waals surface area contributed by atoms with Crippen molar-refractivity contribution in [3.63, 3.8) is 0 Å². The zero-order valence-electron chi connectivity index (χ0n) is 11.5. The van der Waals surface area contributed by atoms with Crippen molar-refractivity contribution < 1.29 is 4.79 Å². The van der Waals surface area contributed by atoms with E-state index in [0.717, 1.165) is 23.3 Å². The number of halogens is 2. The van der Waals surface area contributed by atoms with Crippen LogP contribution in [0.4, 0.5) is 11.5 Å². The fourth-order valence-electron chi connectivity index (χ4n) is 1.66. The van der Waals surface area contributed by atoms with E-state index in [1.807, 2.05) is 0 Å². The summed E-state index contributed by atoms with van der Waals surface area (Å²) < 4.78 is 0.787. The molecule has 1 aromatic carbocycles. The van der Waals surface area contributed by atoms with Gasteiger partial charge < -0.3 is 10.6 Å². The Bertz CT molecular complexity index is 631. The number of hydrogen-bond donors (Lipinski definition) is 2. The third-order valence-electron chi connectivity index (χ3n) is 2.76. The van der Waals surface area contributed by atoms with Crippen LogP contribution < -0.4 is 10.6 Å². The first kappa shape index (κ1) is 15.8. The Hall–Kier alpha value is -1.59. The minimum absolute atomic E-state index is 0.220. The maximum Gasteiger partial charge on any atom is 0.257 e. The minimum atomic E-state index is -0.220. The average molecular weight is 369 g/mol. The Kier molecular flexibility index (Phi) is 5.59. The largest absolute Gasteiger partial charge is 0.370 e. The third-order valence-corrected chi connectivity index (χ3v) is 3.99. The van der Waals surface area contributed by atoms with Crippen LogP contribution in [-0.2, 0) is 0 Å². The van der Waals surface area contributed by atoms with Gasteiger partial charge in [0, 0.05) is 22.9 Å². The van der Waals surface area contributed by atoms with E-state index < -0.39 is 0 Å². The molecule has 0 radical (unpaired) electrons. The number of pyridine rings is 1. The van der Waals surface area contributed by atoms with Crippen LogP contribution in [0.2, 0.25) is 5.02 Å². The van der Waals surface area contributed by atoms with Gasteiger partial charge in [0.2, 0.25) is 0 Å². The Morgan fingerprint density at radius 2 is 2.14 bits per heavy atom. The minimum Gasteiger partial charge on any atom is -0.370 e. The molecule has 4 nitrogen and oxygen atoms in total. The maximum atomic E-state index is 12.1. The molecule has 1 amide bonds. The van der Waals surface area contributed by atoms with Gasteiger partial charge in [0.15, 0.2) is 0 Å². The Morgan fingerprint density at radius 1 is 1.33 bits per heavy atom. The molecule has 0 atom stereocenters. The van der Waals surface area contributed by atoms with Crippen molar-refractivity contribution in [3.05, 3.63) is 51.6 Å². The SMILES string of the molecule is CCCNc1ccc(C(=O)Nc2ccc(Br)c(Cl)c2)cn1. The summed E-state index contributed by atoms with van der Waals surface area (Å²) in [7, 11) is 0. The number of rotatable bonds is 5. The van der Waals surface area contributed by atoms with E-state index in [4.69, 9.17) is 11.6 Å². The topological polar surface area (TPSA) is 54.0 Å². The molecule has 2 N–H and O–H groups in total. The van der Waals surface area contributed by atoms with Crippen molar-refractivity contribution in [2.75, 3.05) is 17.2 Å². The molecule has 0 spiro atoms. The second-order valence-corrected chi connectivity index (χ2v) is 5.70. The second kappa shape index (κ2) is 7.43. The highest BCUT2D eigenvalue weighted by atomic mass is 79.9. The number of benzene rings is 1. The van der Waals surface area contributed by atoms with Gasteiger partial charge >= 0.3 is 0 Å². The summed E-state index contributed by atoms with van der Waals surface area (Å²) in [6.07, 6.45) is 2.57. The quantitative estimate of drug-likeness (QED) is 0.812. The van der Waals surface area contributed by atoms with E-state index in [1.54, 1.807) is 36.5 Å². The number of anilines is 2. The molecule has 110 valence electrons. The molecule has 0 aliphatic heterocycles. The van der Waals surface area contributed by atoms with E-state index in [1.165, 1.54) is 0 Å². The highest BCUT2D eigenvalue weighted by Gasteiger charge is 2.08. The van der Waals surface area contributed by atoms with Crippen molar-refractivity contribution in [2.45, 2.75) is 13.3 Å². The lowest BCUT2D eigenvalue weighted by molar-refractivity contribution is 0.102. The fourth-order valence-corrected chi connectivity index (χ4v) is 2.09. The summed E-state index contributed by atoms with van der Waals surface area (Å²) in [5.74, 6) is 0.544. The van der Waals surface area contributed by atoms with Gasteiger partial charge in [-0.05, 0) is 52.7 Å². The van der Waals surface area contributed by atoms with Gasteiger partial charge in [-0.1, -0.05) is 18.5 Å². The molecule has 21 heavy (non-hydrogen) atoms. The molecular formula is C15H15BrClN3O. The van der Waals surface area contributed by atoms with Crippen molar-refractivity contribution in [1.82, 2.24) is 4.98 Å². The highest BCUT2D eigenvalue weighted by Crippen LogP contribution is 2.25. The van der Waals surface area contributed by atoms with Crippen LogP contribution in [-0.4, -0.2) is 17.4 Å². The van der Waals surface area contributed by atoms with E-state index in [9.17, 15) is 4.79 Å². The summed E-state index contributed by atoms with van der Waals surface area (Å²) in [6, 6.07) is 8.78. The van der Waals surface area contributed by atoms with Gasteiger partial charge in [0.1, 0.15) is 5.82 Å². The third kappa shape index (κ3) is 4.44. The van der Waals surface area contributed by atoms with Crippen LogP contribution >= 0.6 is 27.5 Å². The van der Waals surface area contributed by atoms with Crippen molar-refractivity contribution in [2.24, 2.45) is 0 Å². The van der Waals surface area contributed by atoms with Crippen molar-refractivity contribution >= 4 is 44.9 Å². The number of aromatic nitrogens is 1. The Morgan fingerprint density at radius 3 is 2.76 bits per heavy atom. The molecule has 2 aromatic rings. The first-order valence-corrected chi connectivity index (χ1v) is 7.73. The molecule has 0 aliphatic carbocycles. The van der Waals surface area contributed by atoms with Crippen LogP contribution in [0.1, 0.15) is 23.7 Å². The highest BCUT2D eigenvalue weighted by molar-refractivity contribution is 9.10. The van der Waals surface area contributed by atoms with Crippen LogP contribution in [0, 0.1) is 0 Å². The zero-order chi connectivity index (χ0) is 15.2. The summed E-state index contributed by atoms with van der Waals surface area (Å²) in [5.41, 5.74) is 1.14. The van der Waals surface area contributed by atoms with Gasteiger partial charge in [-0.2, -0.15) is 0 Å². The molecule has 0 fully saturated rings. The molecule has 1 aromatic heterocycles. The molecular weight excluding hydrogens is 354 g/mol. The molecule has 1 heterocycles. The van der Waals surface area contributed by atoms with E-state index >= 15 is 0 Å². The van der Waals surface area contributed by atoms with Crippen LogP contribution in [0.3, 0.4) is 0 Å². The van der Waals surface area contributed by atoms with Gasteiger partial charge in [0.25, 0.3) is 5.91 Å². The van der Waals surface area contributed by atoms with Crippen molar-refractivity contribution in [3.8, 4) is 0 Å². The molecule has 0 unspecified atom stereocenters. The lowest BCUT2D eigenvalue weighted by Crippen LogP contribution is -2.12. The molecule has 0 saturated carbocycles. The summed E-state index contributed by atoms with van der Waals surface area (Å²) in [5, 5.41) is 6.49. The Labute approximate surface area is 137 Å². The maximum absolute atomic E-state index is 12.1. The smallest absolute Gasteiger partial charge is 0.257 e. The summed E-state index contributed by atoms with van der Waals surface area (Å²) in [6.45, 7) is 2.94. The number of amides is 1. The normalized spacial score (nSPS) is 10.2. The molecule has 6 heteroatoms. The standard InChI is InChI=1S/C15H15BrClN3O/c1-2-7-18-14-6-3-10(9-19-14)15(21)20-11-4-5-12(16)13(17)8-11/h3-6,8-9H,2,7H2,1H3,(H,18,19)(H,20,21). The first-order chi connectivity index (χ1) is 10.1. The predicted octanol–water partition coefficient (Wildman–Crippen LogP) is 4.57. The summed E-state index contributed by atoms with van der Waals surface area (Å²) >= 11 is 9.30. The molecule has 2 rings (SSSR count). The second-order valence-electron chi connectivity index (χ2n) is 4.44. The zero-order valence-corrected chi connectivity index (χ0v) is 13.8. The summed E-state index contributed by atoms with van der Waals surface area (Å²) in [4.78, 5) is 16.3. The molecule has 0 saturated heterocycles. The van der Waals surface area contributed by atoms with Crippen LogP contribution in [0.5, 0.6) is 0 Å². The van der Waals surface area contributed by atoms with E-state index in [2.05, 4.69) is 38.5 Å². The predicted molar refractivity (Wildman–Crippen MR) is 90.1 cm³/mol. The first-order valence-electron chi connectivity index (χ1n) is 6.56. The average Bonchev–Trinajstić information content (AvgIpc) is 2.49. The van der Waals surface area contributed by atoms with Crippen LogP contribution in [0.15, 0.2) is 41.0 Å². The number of hydrogen-bond acceptors (Lipinski definition) is 3. The van der Waals surface area contributed by atoms with Gasteiger partial charge in [-0.25, -0.2) is 4.98 Å². The Balaban J connectivity index is 2.04. The number of nitrogens with one attached hydrogen (secondary N) is 2. The van der Waals surface area contributed by atoms with E-state index in [-0.39, 0.29) is 5.91 Å². The molecule has 0 bridgehead atoms. The number of nitrogens with zero attached hydrogens (tertiary/aromatic N) is 1. The van der Waals surface area contributed by atoms with E-state index in [0.29, 0.717) is 16.3 Å². The fraction of sp³-hybridized carbons (Fsp3) is 0.200.